The highest BCUT2D eigenvalue weighted by atomic mass is 19.4. The van der Waals surface area contributed by atoms with Crippen molar-refractivity contribution in [3.63, 3.8) is 0 Å². The minimum atomic E-state index is -4.83. The second kappa shape index (κ2) is 3.06. The second-order valence-corrected chi connectivity index (χ2v) is 5.73. The van der Waals surface area contributed by atoms with Crippen LogP contribution in [0.5, 0.6) is 0 Å². The van der Waals surface area contributed by atoms with Gasteiger partial charge in [0.25, 0.3) is 0 Å². The van der Waals surface area contributed by atoms with Gasteiger partial charge < -0.3 is 5.11 Å². The van der Waals surface area contributed by atoms with Gasteiger partial charge in [-0.2, -0.15) is 13.2 Å². The van der Waals surface area contributed by atoms with Crippen molar-refractivity contribution in [3.05, 3.63) is 11.3 Å². The number of carbonyl (C=O) groups is 1. The van der Waals surface area contributed by atoms with Crippen molar-refractivity contribution in [3.8, 4) is 0 Å². The fourth-order valence-corrected chi connectivity index (χ4v) is 3.29. The van der Waals surface area contributed by atoms with Gasteiger partial charge in [0.2, 0.25) is 5.76 Å². The first kappa shape index (κ1) is 12.5. The lowest BCUT2D eigenvalue weighted by Gasteiger charge is -2.31. The van der Waals surface area contributed by atoms with Gasteiger partial charge in [0.15, 0.2) is 5.78 Å². The Kier molecular flexibility index (Phi) is 2.24. The number of alkyl halides is 3. The third kappa shape index (κ3) is 1.31. The Morgan fingerprint density at radius 1 is 1.35 bits per heavy atom. The fraction of sp³-hybridized carbons (Fsp3) is 0.750. The minimum Gasteiger partial charge on any atom is -0.504 e. The molecular weight excluding hydrogens is 233 g/mol. The van der Waals surface area contributed by atoms with Crippen molar-refractivity contribution in [2.45, 2.75) is 39.8 Å². The van der Waals surface area contributed by atoms with Crippen molar-refractivity contribution >= 4 is 5.78 Å². The van der Waals surface area contributed by atoms with Gasteiger partial charge in [-0.25, -0.2) is 0 Å². The standard InChI is InChI=1S/C12H15F3O2/c1-10(2)6-4-5-11(10,3)8(16)7(6)9(17)12(13,14)15/h6,17H,4-5H2,1-3H3/b9-7-/t6?,11-/m0/s1. The van der Waals surface area contributed by atoms with Crippen LogP contribution in [0.25, 0.3) is 0 Å². The number of hydrogen-bond donors (Lipinski definition) is 1. The fourth-order valence-electron chi connectivity index (χ4n) is 3.29. The number of Topliss-reactive ketones (excluding diaryl/α,β-unsaturated/α-hetero) is 1. The van der Waals surface area contributed by atoms with Crippen molar-refractivity contribution in [2.75, 3.05) is 0 Å². The van der Waals surface area contributed by atoms with E-state index >= 15 is 0 Å². The van der Waals surface area contributed by atoms with Gasteiger partial charge in [-0.3, -0.25) is 4.79 Å². The molecule has 2 aliphatic carbocycles. The van der Waals surface area contributed by atoms with Gasteiger partial charge in [-0.05, 0) is 24.2 Å². The smallest absolute Gasteiger partial charge is 0.449 e. The predicted octanol–water partition coefficient (Wildman–Crippen LogP) is 3.39. The molecule has 0 aromatic carbocycles. The summed E-state index contributed by atoms with van der Waals surface area (Å²) in [5.74, 6) is -2.71. The highest BCUT2D eigenvalue weighted by molar-refractivity contribution is 6.05. The molecule has 2 saturated carbocycles. The molecule has 0 amide bonds. The van der Waals surface area contributed by atoms with Crippen molar-refractivity contribution in [1.82, 2.24) is 0 Å². The van der Waals surface area contributed by atoms with Crippen molar-refractivity contribution in [1.29, 1.82) is 0 Å². The van der Waals surface area contributed by atoms with Gasteiger partial charge in [0.1, 0.15) is 0 Å². The first-order valence-corrected chi connectivity index (χ1v) is 5.58. The molecule has 2 bridgehead atoms. The summed E-state index contributed by atoms with van der Waals surface area (Å²) in [5.41, 5.74) is -1.69. The Morgan fingerprint density at radius 2 is 1.88 bits per heavy atom. The van der Waals surface area contributed by atoms with Crippen LogP contribution in [-0.4, -0.2) is 17.1 Å². The maximum Gasteiger partial charge on any atom is 0.449 e. The van der Waals surface area contributed by atoms with Crippen LogP contribution in [0, 0.1) is 16.7 Å². The molecule has 0 aromatic rings. The van der Waals surface area contributed by atoms with E-state index in [1.165, 1.54) is 0 Å². The van der Waals surface area contributed by atoms with E-state index in [0.717, 1.165) is 0 Å². The molecule has 2 rings (SSSR count). The summed E-state index contributed by atoms with van der Waals surface area (Å²) in [6.07, 6.45) is -3.70. The van der Waals surface area contributed by atoms with Crippen molar-refractivity contribution < 1.29 is 23.1 Å². The Bertz CT molecular complexity index is 420. The van der Waals surface area contributed by atoms with Crippen LogP contribution in [0.15, 0.2) is 11.3 Å². The molecule has 2 aliphatic rings. The van der Waals surface area contributed by atoms with Gasteiger partial charge in [0, 0.05) is 11.0 Å². The molecule has 2 atom stereocenters. The summed E-state index contributed by atoms with van der Waals surface area (Å²) in [6, 6.07) is 0. The van der Waals surface area contributed by atoms with Crippen LogP contribution in [0.3, 0.4) is 0 Å². The van der Waals surface area contributed by atoms with E-state index in [0.29, 0.717) is 12.8 Å². The first-order valence-electron chi connectivity index (χ1n) is 5.58. The number of ketones is 1. The topological polar surface area (TPSA) is 37.3 Å². The molecule has 0 heterocycles. The van der Waals surface area contributed by atoms with Gasteiger partial charge in [-0.1, -0.05) is 20.8 Å². The van der Waals surface area contributed by atoms with E-state index in [1.807, 2.05) is 0 Å². The Labute approximate surface area is 97.5 Å². The summed E-state index contributed by atoms with van der Waals surface area (Å²) in [6.45, 7) is 5.31. The molecule has 0 saturated heterocycles. The van der Waals surface area contributed by atoms with E-state index in [4.69, 9.17) is 0 Å². The lowest BCUT2D eigenvalue weighted by atomic mass is 9.70. The quantitative estimate of drug-likeness (QED) is 0.527. The zero-order valence-electron chi connectivity index (χ0n) is 9.98. The maximum atomic E-state index is 12.5. The minimum absolute atomic E-state index is 0.406. The molecule has 2 nitrogen and oxygen atoms in total. The molecule has 2 fully saturated rings. The number of allylic oxidation sites excluding steroid dienone is 2. The summed E-state index contributed by atoms with van der Waals surface area (Å²) < 4.78 is 37.5. The molecule has 5 heteroatoms. The molecule has 1 N–H and O–H groups in total. The molecule has 96 valence electrons. The van der Waals surface area contributed by atoms with Gasteiger partial charge >= 0.3 is 6.18 Å². The van der Waals surface area contributed by atoms with Crippen molar-refractivity contribution in [2.24, 2.45) is 16.7 Å². The third-order valence-corrected chi connectivity index (χ3v) is 4.84. The Balaban J connectivity index is 2.60. The molecule has 17 heavy (non-hydrogen) atoms. The second-order valence-electron chi connectivity index (χ2n) is 5.73. The monoisotopic (exact) mass is 248 g/mol. The number of aliphatic hydroxyl groups excluding tert-OH is 1. The first-order chi connectivity index (χ1) is 7.53. The van der Waals surface area contributed by atoms with Crippen LogP contribution in [0.4, 0.5) is 13.2 Å². The number of halogens is 3. The Hall–Kier alpha value is -1.00. The lowest BCUT2D eigenvalue weighted by Crippen LogP contribution is -2.32. The van der Waals surface area contributed by atoms with Crippen LogP contribution >= 0.6 is 0 Å². The molecular formula is C12H15F3O2. The van der Waals surface area contributed by atoms with E-state index in [1.54, 1.807) is 20.8 Å². The average Bonchev–Trinajstić information content (AvgIpc) is 2.47. The van der Waals surface area contributed by atoms with E-state index < -0.39 is 40.0 Å². The van der Waals surface area contributed by atoms with E-state index in [-0.39, 0.29) is 0 Å². The number of rotatable bonds is 0. The largest absolute Gasteiger partial charge is 0.504 e. The SMILES string of the molecule is CC1(C)C2CC[C@@]1(C)C(=O)/C2=C(\O)C(F)(F)F. The van der Waals surface area contributed by atoms with E-state index in [2.05, 4.69) is 0 Å². The number of aliphatic hydroxyl groups is 1. The normalized spacial score (nSPS) is 38.7. The summed E-state index contributed by atoms with van der Waals surface area (Å²) in [5, 5.41) is 9.26. The predicted molar refractivity (Wildman–Crippen MR) is 55.3 cm³/mol. The highest BCUT2D eigenvalue weighted by Gasteiger charge is 2.66. The van der Waals surface area contributed by atoms with Gasteiger partial charge in [-0.15, -0.1) is 0 Å². The van der Waals surface area contributed by atoms with Crippen LogP contribution < -0.4 is 0 Å². The number of hydrogen-bond acceptors (Lipinski definition) is 2. The molecule has 0 aromatic heterocycles. The highest BCUT2D eigenvalue weighted by Crippen LogP contribution is 2.66. The molecule has 0 spiro atoms. The van der Waals surface area contributed by atoms with Crippen LogP contribution in [0.1, 0.15) is 33.6 Å². The number of carbonyl (C=O) groups excluding carboxylic acids is 1. The summed E-state index contributed by atoms with van der Waals surface area (Å²) in [4.78, 5) is 12.1. The van der Waals surface area contributed by atoms with Crippen LogP contribution in [-0.2, 0) is 4.79 Å². The number of fused-ring (bicyclic) bond motifs is 2. The molecule has 0 radical (unpaired) electrons. The van der Waals surface area contributed by atoms with E-state index in [9.17, 15) is 23.1 Å². The molecule has 1 unspecified atom stereocenters. The molecule has 0 aliphatic heterocycles. The van der Waals surface area contributed by atoms with Crippen LogP contribution in [0.2, 0.25) is 0 Å². The lowest BCUT2D eigenvalue weighted by molar-refractivity contribution is -0.131. The Morgan fingerprint density at radius 3 is 2.24 bits per heavy atom. The summed E-state index contributed by atoms with van der Waals surface area (Å²) in [7, 11) is 0. The summed E-state index contributed by atoms with van der Waals surface area (Å²) >= 11 is 0. The zero-order valence-corrected chi connectivity index (χ0v) is 9.98. The van der Waals surface area contributed by atoms with Gasteiger partial charge in [0.05, 0.1) is 0 Å². The maximum absolute atomic E-state index is 12.5. The third-order valence-electron chi connectivity index (χ3n) is 4.84. The zero-order chi connectivity index (χ0) is 13.2. The average molecular weight is 248 g/mol.